The molecule has 16 heteroatoms. The number of fused-ring (bicyclic) bond motifs is 2. The summed E-state index contributed by atoms with van der Waals surface area (Å²) >= 11 is 0. The Morgan fingerprint density at radius 3 is 2.18 bits per heavy atom. The van der Waals surface area contributed by atoms with Crippen molar-refractivity contribution in [1.82, 2.24) is 10.2 Å². The van der Waals surface area contributed by atoms with E-state index in [0.29, 0.717) is 38.2 Å². The van der Waals surface area contributed by atoms with Crippen LogP contribution in [0.25, 0.3) is 0 Å². The lowest BCUT2D eigenvalue weighted by Crippen LogP contribution is -2.57. The molecule has 0 aliphatic carbocycles. The summed E-state index contributed by atoms with van der Waals surface area (Å²) in [5.74, 6) is -3.69. The Balaban J connectivity index is 0.000000676. The van der Waals surface area contributed by atoms with Gasteiger partial charge in [-0.15, -0.1) is 0 Å². The Hall–Kier alpha value is -3.73. The van der Waals surface area contributed by atoms with Gasteiger partial charge in [-0.3, -0.25) is 13.9 Å². The third-order valence-corrected chi connectivity index (χ3v) is 8.54. The molecule has 5 N–H and O–H groups in total. The fourth-order valence-corrected chi connectivity index (χ4v) is 6.09. The Labute approximate surface area is 252 Å². The first-order valence-electron chi connectivity index (χ1n) is 13.5. The Bertz CT molecular complexity index is 1420. The minimum atomic E-state index is -5.08. The van der Waals surface area contributed by atoms with Crippen LogP contribution < -0.4 is 15.4 Å². The van der Waals surface area contributed by atoms with E-state index in [9.17, 15) is 36.3 Å². The van der Waals surface area contributed by atoms with Crippen molar-refractivity contribution in [3.05, 3.63) is 65.7 Å². The number of hydrogen-bond donors (Lipinski definition) is 4. The monoisotopic (exact) mass is 644 g/mol. The molecule has 2 atom stereocenters. The van der Waals surface area contributed by atoms with E-state index in [2.05, 4.69) is 5.32 Å². The van der Waals surface area contributed by atoms with Gasteiger partial charge in [-0.2, -0.15) is 13.2 Å². The number of sulfonamides is 1. The highest BCUT2D eigenvalue weighted by atomic mass is 32.2. The molecule has 2 aromatic rings. The van der Waals surface area contributed by atoms with Gasteiger partial charge in [0.15, 0.2) is 0 Å². The number of para-hydroxylation sites is 1. The standard InChI is InChI=1S/C26H34N4O6S.C2HF3O2/c1-37(34,35)30-18-26(20-9-5-6-10-23(20)30)11-13-29(14-12-26)25(33)22(28-24(32)21(27)15-31)17-36-16-19-7-3-2-4-8-19;3-2(4,5)1(6)7/h2-10,21-22,31H,11-18,27H2,1H3,(H,28,32);(H,6,7)/t21-,22+;/m0./s1. The Morgan fingerprint density at radius 2 is 1.64 bits per heavy atom. The number of carbonyl (C=O) groups excluding carboxylic acids is 2. The molecule has 2 aromatic carbocycles. The number of carboxylic acid groups (broad SMARTS) is 1. The second-order valence-corrected chi connectivity index (χ2v) is 12.5. The number of nitrogens with two attached hydrogens (primary N) is 1. The van der Waals surface area contributed by atoms with Crippen LogP contribution >= 0.6 is 0 Å². The van der Waals surface area contributed by atoms with Crippen LogP contribution in [0.5, 0.6) is 0 Å². The van der Waals surface area contributed by atoms with Gasteiger partial charge in [-0.05, 0) is 30.0 Å². The van der Waals surface area contributed by atoms with E-state index in [-0.39, 0.29) is 24.5 Å². The number of aliphatic carboxylic acids is 1. The number of nitrogens with one attached hydrogen (secondary N) is 1. The van der Waals surface area contributed by atoms with Crippen LogP contribution in [-0.2, 0) is 41.2 Å². The maximum atomic E-state index is 13.5. The van der Waals surface area contributed by atoms with Crippen molar-refractivity contribution in [3.63, 3.8) is 0 Å². The number of benzene rings is 2. The summed E-state index contributed by atoms with van der Waals surface area (Å²) in [7, 11) is -3.44. The molecule has 1 saturated heterocycles. The predicted molar refractivity (Wildman–Crippen MR) is 153 cm³/mol. The molecule has 1 fully saturated rings. The smallest absolute Gasteiger partial charge is 0.475 e. The SMILES string of the molecule is CS(=O)(=O)N1CC2(CCN(C(=O)[C@@H](COCc3ccccc3)NC(=O)[C@@H](N)CO)CC2)c2ccccc21.O=C(O)C(F)(F)F. The van der Waals surface area contributed by atoms with E-state index < -0.39 is 46.8 Å². The molecule has 0 saturated carbocycles. The summed E-state index contributed by atoms with van der Waals surface area (Å²) in [6, 6.07) is 14.9. The zero-order valence-corrected chi connectivity index (χ0v) is 24.7. The van der Waals surface area contributed by atoms with Crippen LogP contribution in [0.1, 0.15) is 24.0 Å². The third kappa shape index (κ3) is 8.68. The van der Waals surface area contributed by atoms with Gasteiger partial charge in [0.25, 0.3) is 0 Å². The second-order valence-electron chi connectivity index (χ2n) is 10.5. The number of rotatable bonds is 9. The van der Waals surface area contributed by atoms with Gasteiger partial charge in [0.2, 0.25) is 21.8 Å². The number of carbonyl (C=O) groups is 3. The quantitative estimate of drug-likeness (QED) is 0.310. The molecule has 0 aromatic heterocycles. The van der Waals surface area contributed by atoms with Gasteiger partial charge < -0.3 is 30.9 Å². The van der Waals surface area contributed by atoms with Crippen LogP contribution in [0.2, 0.25) is 0 Å². The average molecular weight is 645 g/mol. The van der Waals surface area contributed by atoms with Gasteiger partial charge >= 0.3 is 12.1 Å². The zero-order chi connectivity index (χ0) is 32.7. The summed E-state index contributed by atoms with van der Waals surface area (Å²) < 4.78 is 63.8. The minimum absolute atomic E-state index is 0.0516. The number of anilines is 1. The number of alkyl halides is 3. The molecule has 0 bridgehead atoms. The molecular weight excluding hydrogens is 609 g/mol. The molecule has 2 heterocycles. The number of ether oxygens (including phenoxy) is 1. The summed E-state index contributed by atoms with van der Waals surface area (Å²) in [6.45, 7) is 0.834. The van der Waals surface area contributed by atoms with E-state index in [4.69, 9.17) is 20.4 Å². The largest absolute Gasteiger partial charge is 0.490 e. The summed E-state index contributed by atoms with van der Waals surface area (Å²) in [5.41, 5.74) is 7.89. The molecule has 0 unspecified atom stereocenters. The predicted octanol–water partition coefficient (Wildman–Crippen LogP) is 0.981. The molecule has 0 radical (unpaired) electrons. The fraction of sp³-hybridized carbons (Fsp3) is 0.464. The zero-order valence-electron chi connectivity index (χ0n) is 23.9. The second kappa shape index (κ2) is 14.4. The molecular formula is C28H35F3N4O8S. The highest BCUT2D eigenvalue weighted by molar-refractivity contribution is 7.92. The van der Waals surface area contributed by atoms with Crippen molar-refractivity contribution in [3.8, 4) is 0 Å². The van der Waals surface area contributed by atoms with Gasteiger partial charge in [-0.1, -0.05) is 48.5 Å². The number of likely N-dealkylation sites (tertiary alicyclic amines) is 1. The molecule has 2 amide bonds. The first-order valence-corrected chi connectivity index (χ1v) is 15.4. The molecule has 12 nitrogen and oxygen atoms in total. The first-order chi connectivity index (χ1) is 20.6. The van der Waals surface area contributed by atoms with Crippen molar-refractivity contribution in [1.29, 1.82) is 0 Å². The number of halogens is 3. The number of hydrogen-bond acceptors (Lipinski definition) is 8. The number of carboxylic acids is 1. The van der Waals surface area contributed by atoms with Crippen molar-refractivity contribution in [2.45, 2.75) is 43.1 Å². The van der Waals surface area contributed by atoms with Crippen molar-refractivity contribution in [2.75, 3.05) is 43.4 Å². The Morgan fingerprint density at radius 1 is 1.07 bits per heavy atom. The van der Waals surface area contributed by atoms with Crippen molar-refractivity contribution >= 4 is 33.5 Å². The number of amides is 2. The van der Waals surface area contributed by atoms with E-state index in [1.807, 2.05) is 54.6 Å². The molecule has 44 heavy (non-hydrogen) atoms. The lowest BCUT2D eigenvalue weighted by atomic mass is 9.74. The summed E-state index contributed by atoms with van der Waals surface area (Å²) in [5, 5.41) is 19.0. The highest BCUT2D eigenvalue weighted by Crippen LogP contribution is 2.47. The highest BCUT2D eigenvalue weighted by Gasteiger charge is 2.48. The normalized spacial score (nSPS) is 17.2. The van der Waals surface area contributed by atoms with Crippen LogP contribution in [0.15, 0.2) is 54.6 Å². The van der Waals surface area contributed by atoms with E-state index in [1.54, 1.807) is 4.90 Å². The molecule has 4 rings (SSSR count). The van der Waals surface area contributed by atoms with Gasteiger partial charge in [0.05, 0.1) is 31.8 Å². The summed E-state index contributed by atoms with van der Waals surface area (Å²) in [4.78, 5) is 36.4. The van der Waals surface area contributed by atoms with Crippen LogP contribution in [-0.4, -0.2) is 98.7 Å². The van der Waals surface area contributed by atoms with Gasteiger partial charge in [-0.25, -0.2) is 13.2 Å². The van der Waals surface area contributed by atoms with E-state index >= 15 is 0 Å². The summed E-state index contributed by atoms with van der Waals surface area (Å²) in [6.07, 6.45) is -2.70. The van der Waals surface area contributed by atoms with Crippen LogP contribution in [0, 0.1) is 0 Å². The van der Waals surface area contributed by atoms with Crippen LogP contribution in [0.4, 0.5) is 18.9 Å². The number of nitrogens with zero attached hydrogens (tertiary/aromatic N) is 2. The maximum Gasteiger partial charge on any atom is 0.490 e. The first kappa shape index (κ1) is 34.8. The fourth-order valence-electron chi connectivity index (χ4n) is 5.09. The minimum Gasteiger partial charge on any atom is -0.475 e. The van der Waals surface area contributed by atoms with Gasteiger partial charge in [0.1, 0.15) is 12.1 Å². The molecule has 242 valence electrons. The van der Waals surface area contributed by atoms with E-state index in [1.165, 1.54) is 10.6 Å². The topological polar surface area (TPSA) is 180 Å². The number of aliphatic hydroxyl groups is 1. The molecule has 2 aliphatic heterocycles. The number of aliphatic hydroxyl groups excluding tert-OH is 1. The van der Waals surface area contributed by atoms with Crippen LogP contribution in [0.3, 0.4) is 0 Å². The lowest BCUT2D eigenvalue weighted by molar-refractivity contribution is -0.192. The number of piperidine rings is 1. The molecule has 1 spiro atoms. The lowest BCUT2D eigenvalue weighted by Gasteiger charge is -2.41. The van der Waals surface area contributed by atoms with Gasteiger partial charge in [0, 0.05) is 25.0 Å². The third-order valence-electron chi connectivity index (χ3n) is 7.41. The molecule has 2 aliphatic rings. The van der Waals surface area contributed by atoms with E-state index in [0.717, 1.165) is 11.1 Å². The average Bonchev–Trinajstić information content (AvgIpc) is 3.31. The Kier molecular flexibility index (Phi) is 11.3. The maximum absolute atomic E-state index is 13.5. The van der Waals surface area contributed by atoms with Crippen molar-refractivity contribution < 1.29 is 50.9 Å². The van der Waals surface area contributed by atoms with Crippen molar-refractivity contribution in [2.24, 2.45) is 5.73 Å².